The van der Waals surface area contributed by atoms with Crippen molar-refractivity contribution in [2.24, 2.45) is 0 Å². The number of aliphatic hydroxyl groups is 1. The smallest absolute Gasteiger partial charge is 0.251 e. The molecule has 0 bridgehead atoms. The molecular weight excluding hydrogens is 318 g/mol. The first-order valence-corrected chi connectivity index (χ1v) is 8.47. The molecule has 0 saturated heterocycles. The van der Waals surface area contributed by atoms with Crippen molar-refractivity contribution < 1.29 is 23.1 Å². The van der Waals surface area contributed by atoms with Gasteiger partial charge in [0.1, 0.15) is 0 Å². The predicted molar refractivity (Wildman–Crippen MR) is 79.4 cm³/mol. The lowest BCUT2D eigenvalue weighted by Crippen LogP contribution is -2.28. The molecule has 0 aliphatic carbocycles. The Hall–Kier alpha value is -1.15. The number of sulfone groups is 1. The number of halogens is 1. The molecule has 1 amide bonds. The Morgan fingerprint density at radius 1 is 1.48 bits per heavy atom. The number of nitrogens with one attached hydrogen (secondary N) is 1. The van der Waals surface area contributed by atoms with Gasteiger partial charge in [-0.15, -0.1) is 0 Å². The summed E-state index contributed by atoms with van der Waals surface area (Å²) < 4.78 is 27.8. The lowest BCUT2D eigenvalue weighted by molar-refractivity contribution is 0.0587. The van der Waals surface area contributed by atoms with Crippen LogP contribution in [-0.4, -0.2) is 52.1 Å². The van der Waals surface area contributed by atoms with Crippen molar-refractivity contribution in [2.75, 3.05) is 26.5 Å². The summed E-state index contributed by atoms with van der Waals surface area (Å²) in [5.41, 5.74) is 0.195. The van der Waals surface area contributed by atoms with Crippen LogP contribution in [0.5, 0.6) is 0 Å². The lowest BCUT2D eigenvalue weighted by Gasteiger charge is -2.11. The van der Waals surface area contributed by atoms with Crippen LogP contribution in [0, 0.1) is 0 Å². The summed E-state index contributed by atoms with van der Waals surface area (Å²) in [5, 5.41) is 12.1. The summed E-state index contributed by atoms with van der Waals surface area (Å²) in [6.45, 7) is 0.440. The second-order valence-corrected chi connectivity index (χ2v) is 6.96. The third kappa shape index (κ3) is 5.62. The van der Waals surface area contributed by atoms with Crippen LogP contribution < -0.4 is 5.32 Å². The molecule has 0 heterocycles. The molecule has 0 aliphatic rings. The largest absolute Gasteiger partial charge is 0.391 e. The van der Waals surface area contributed by atoms with Crippen molar-refractivity contribution in [3.63, 3.8) is 0 Å². The van der Waals surface area contributed by atoms with Gasteiger partial charge < -0.3 is 15.2 Å². The Labute approximate surface area is 129 Å². The second-order valence-electron chi connectivity index (χ2n) is 4.57. The molecule has 21 heavy (non-hydrogen) atoms. The van der Waals surface area contributed by atoms with Gasteiger partial charge in [0.2, 0.25) is 0 Å². The molecule has 1 atom stereocenters. The Morgan fingerprint density at radius 2 is 2.14 bits per heavy atom. The summed E-state index contributed by atoms with van der Waals surface area (Å²) in [4.78, 5) is 11.8. The molecule has 0 spiro atoms. The van der Waals surface area contributed by atoms with Gasteiger partial charge in [-0.25, -0.2) is 8.42 Å². The van der Waals surface area contributed by atoms with E-state index in [9.17, 15) is 18.3 Å². The Morgan fingerprint density at radius 3 is 2.71 bits per heavy atom. The Bertz CT molecular complexity index is 603. The van der Waals surface area contributed by atoms with Crippen LogP contribution in [0.1, 0.15) is 16.8 Å². The number of carbonyl (C=O) groups excluding carboxylic acids is 1. The van der Waals surface area contributed by atoms with E-state index in [0.717, 1.165) is 6.26 Å². The van der Waals surface area contributed by atoms with Crippen molar-refractivity contribution in [1.82, 2.24) is 5.32 Å². The monoisotopic (exact) mass is 335 g/mol. The van der Waals surface area contributed by atoms with Crippen molar-refractivity contribution in [1.29, 1.82) is 0 Å². The van der Waals surface area contributed by atoms with Crippen LogP contribution >= 0.6 is 11.6 Å². The van der Waals surface area contributed by atoms with Crippen LogP contribution in [-0.2, 0) is 14.6 Å². The number of benzene rings is 1. The molecule has 0 aliphatic heterocycles. The third-order valence-corrected chi connectivity index (χ3v) is 4.29. The van der Waals surface area contributed by atoms with Gasteiger partial charge in [-0.1, -0.05) is 11.6 Å². The van der Waals surface area contributed by atoms with E-state index >= 15 is 0 Å². The van der Waals surface area contributed by atoms with Gasteiger partial charge in [0.25, 0.3) is 5.91 Å². The molecule has 8 heteroatoms. The zero-order chi connectivity index (χ0) is 16.0. The highest BCUT2D eigenvalue weighted by Gasteiger charge is 2.16. The van der Waals surface area contributed by atoms with Crippen LogP contribution in [0.2, 0.25) is 5.02 Å². The minimum atomic E-state index is -3.50. The standard InChI is InChI=1S/C13H18ClNO5S/c1-20-8-10(16)5-6-15-13(17)9-3-4-11(14)12(7-9)21(2,18)19/h3-4,7,10,16H,5-6,8H2,1-2H3,(H,15,17). The molecule has 2 N–H and O–H groups in total. The van der Waals surface area contributed by atoms with Crippen molar-refractivity contribution in [3.05, 3.63) is 28.8 Å². The van der Waals surface area contributed by atoms with E-state index in [4.69, 9.17) is 16.3 Å². The fraction of sp³-hybridized carbons (Fsp3) is 0.462. The summed E-state index contributed by atoms with van der Waals surface area (Å²) in [5.74, 6) is -0.429. The first kappa shape index (κ1) is 17.9. The lowest BCUT2D eigenvalue weighted by atomic mass is 10.2. The molecule has 0 aromatic heterocycles. The highest BCUT2D eigenvalue weighted by atomic mass is 35.5. The van der Waals surface area contributed by atoms with Gasteiger partial charge in [0.05, 0.1) is 22.6 Å². The highest BCUT2D eigenvalue weighted by molar-refractivity contribution is 7.90. The number of rotatable bonds is 7. The molecule has 0 fully saturated rings. The molecule has 6 nitrogen and oxygen atoms in total. The van der Waals surface area contributed by atoms with E-state index in [2.05, 4.69) is 5.32 Å². The number of carbonyl (C=O) groups is 1. The minimum absolute atomic E-state index is 0.0737. The van der Waals surface area contributed by atoms with Crippen molar-refractivity contribution >= 4 is 27.3 Å². The number of ether oxygens (including phenoxy) is 1. The summed E-state index contributed by atoms with van der Waals surface area (Å²) in [7, 11) is -2.02. The van der Waals surface area contributed by atoms with Gasteiger partial charge in [-0.2, -0.15) is 0 Å². The van der Waals surface area contributed by atoms with Gasteiger partial charge in [-0.05, 0) is 24.6 Å². The Balaban J connectivity index is 2.71. The van der Waals surface area contributed by atoms with Gasteiger partial charge >= 0.3 is 0 Å². The van der Waals surface area contributed by atoms with Crippen molar-refractivity contribution in [2.45, 2.75) is 17.4 Å². The van der Waals surface area contributed by atoms with E-state index in [1.54, 1.807) is 0 Å². The SMILES string of the molecule is COCC(O)CCNC(=O)c1ccc(Cl)c(S(C)(=O)=O)c1. The number of hydrogen-bond acceptors (Lipinski definition) is 5. The van der Waals surface area contributed by atoms with E-state index in [0.29, 0.717) is 6.42 Å². The predicted octanol–water partition coefficient (Wildman–Crippen LogP) is 0.871. The van der Waals surface area contributed by atoms with E-state index < -0.39 is 21.8 Å². The Kier molecular flexibility index (Phi) is 6.60. The highest BCUT2D eigenvalue weighted by Crippen LogP contribution is 2.22. The fourth-order valence-corrected chi connectivity index (χ4v) is 2.96. The molecule has 0 saturated carbocycles. The number of hydrogen-bond donors (Lipinski definition) is 2. The maximum absolute atomic E-state index is 11.9. The quantitative estimate of drug-likeness (QED) is 0.771. The maximum Gasteiger partial charge on any atom is 0.251 e. The topological polar surface area (TPSA) is 92.7 Å². The van der Waals surface area contributed by atoms with Gasteiger partial charge in [0, 0.05) is 25.5 Å². The number of aliphatic hydroxyl groups excluding tert-OH is 1. The zero-order valence-electron chi connectivity index (χ0n) is 11.8. The second kappa shape index (κ2) is 7.74. The normalized spacial score (nSPS) is 13.0. The van der Waals surface area contributed by atoms with E-state index in [-0.39, 0.29) is 28.6 Å². The zero-order valence-corrected chi connectivity index (χ0v) is 13.4. The molecule has 1 rings (SSSR count). The molecule has 1 aromatic carbocycles. The molecule has 1 aromatic rings. The van der Waals surface area contributed by atoms with Crippen LogP contribution in [0.4, 0.5) is 0 Å². The van der Waals surface area contributed by atoms with Gasteiger partial charge in [-0.3, -0.25) is 4.79 Å². The fourth-order valence-electron chi connectivity index (χ4n) is 1.66. The van der Waals surface area contributed by atoms with Gasteiger partial charge in [0.15, 0.2) is 9.84 Å². The van der Waals surface area contributed by atoms with E-state index in [1.807, 2.05) is 0 Å². The first-order valence-electron chi connectivity index (χ1n) is 6.20. The van der Waals surface area contributed by atoms with E-state index in [1.165, 1.54) is 25.3 Å². The molecule has 118 valence electrons. The molecular formula is C13H18ClNO5S. The minimum Gasteiger partial charge on any atom is -0.391 e. The summed E-state index contributed by atoms with van der Waals surface area (Å²) in [6.07, 6.45) is 0.704. The third-order valence-electron chi connectivity index (χ3n) is 2.72. The number of methoxy groups -OCH3 is 1. The van der Waals surface area contributed by atoms with Crippen molar-refractivity contribution in [3.8, 4) is 0 Å². The molecule has 1 unspecified atom stereocenters. The van der Waals surface area contributed by atoms with Crippen LogP contribution in [0.25, 0.3) is 0 Å². The maximum atomic E-state index is 11.9. The average molecular weight is 336 g/mol. The van der Waals surface area contributed by atoms with Crippen LogP contribution in [0.15, 0.2) is 23.1 Å². The average Bonchev–Trinajstić information content (AvgIpc) is 2.38. The summed E-state index contributed by atoms with van der Waals surface area (Å²) >= 11 is 5.81. The summed E-state index contributed by atoms with van der Waals surface area (Å²) in [6, 6.07) is 4.04. The van der Waals surface area contributed by atoms with Crippen LogP contribution in [0.3, 0.4) is 0 Å². The first-order chi connectivity index (χ1) is 9.75. The number of amides is 1. The molecule has 0 radical (unpaired) electrons.